The molecule has 0 spiro atoms. The maximum Gasteiger partial charge on any atom is 0.315 e. The topological polar surface area (TPSA) is 72.2 Å². The highest BCUT2D eigenvalue weighted by molar-refractivity contribution is 5.25. The Kier molecular flexibility index (Phi) is 5.59. The molecule has 2 rings (SSSR count). The number of benzene rings is 1. The molecule has 0 unspecified atom stereocenters. The Morgan fingerprint density at radius 2 is 2.10 bits per heavy atom. The van der Waals surface area contributed by atoms with Crippen molar-refractivity contribution in [1.29, 1.82) is 0 Å². The van der Waals surface area contributed by atoms with Crippen LogP contribution in [0.25, 0.3) is 0 Å². The zero-order valence-corrected chi connectivity index (χ0v) is 11.5. The minimum Gasteiger partial charge on any atom is -0.407 e. The Bertz CT molecular complexity index is 577. The van der Waals surface area contributed by atoms with Gasteiger partial charge in [-0.3, -0.25) is 0 Å². The van der Waals surface area contributed by atoms with Crippen molar-refractivity contribution in [2.45, 2.75) is 13.1 Å². The predicted molar refractivity (Wildman–Crippen MR) is 71.6 cm³/mol. The Morgan fingerprint density at radius 3 is 2.90 bits per heavy atom. The summed E-state index contributed by atoms with van der Waals surface area (Å²) in [6.07, 6.45) is 0. The molecule has 0 bridgehead atoms. The molecule has 2 aromatic rings. The van der Waals surface area contributed by atoms with Crippen LogP contribution in [0.5, 0.6) is 0 Å². The highest BCUT2D eigenvalue weighted by Crippen LogP contribution is 2.12. The van der Waals surface area contributed by atoms with Crippen molar-refractivity contribution < 1.29 is 17.9 Å². The van der Waals surface area contributed by atoms with Crippen molar-refractivity contribution >= 4 is 6.01 Å². The van der Waals surface area contributed by atoms with Crippen LogP contribution in [0.3, 0.4) is 0 Å². The smallest absolute Gasteiger partial charge is 0.315 e. The summed E-state index contributed by atoms with van der Waals surface area (Å²) >= 11 is 0. The van der Waals surface area contributed by atoms with Gasteiger partial charge in [-0.2, -0.15) is 0 Å². The summed E-state index contributed by atoms with van der Waals surface area (Å²) in [5.41, 5.74) is 0.188. The molecule has 0 saturated heterocycles. The van der Waals surface area contributed by atoms with Crippen LogP contribution < -0.4 is 10.6 Å². The van der Waals surface area contributed by atoms with Gasteiger partial charge in [-0.1, -0.05) is 5.10 Å². The molecule has 0 amide bonds. The third kappa shape index (κ3) is 4.76. The molecule has 8 heteroatoms. The van der Waals surface area contributed by atoms with Crippen molar-refractivity contribution in [2.75, 3.05) is 25.6 Å². The first-order valence-corrected chi connectivity index (χ1v) is 6.39. The summed E-state index contributed by atoms with van der Waals surface area (Å²) in [4.78, 5) is 0. The minimum atomic E-state index is -0.498. The molecular formula is C13H16F2N4O2. The van der Waals surface area contributed by atoms with Crippen LogP contribution in [0, 0.1) is 11.6 Å². The van der Waals surface area contributed by atoms with Crippen LogP contribution in [0.2, 0.25) is 0 Å². The first-order chi connectivity index (χ1) is 10.2. The fraction of sp³-hybridized carbons (Fsp3) is 0.385. The molecule has 0 saturated carbocycles. The van der Waals surface area contributed by atoms with Gasteiger partial charge in [-0.05, 0) is 18.2 Å². The lowest BCUT2D eigenvalue weighted by molar-refractivity contribution is 0.198. The summed E-state index contributed by atoms with van der Waals surface area (Å²) in [5, 5.41) is 13.4. The molecule has 1 aromatic carbocycles. The quantitative estimate of drug-likeness (QED) is 0.723. The van der Waals surface area contributed by atoms with Gasteiger partial charge in [0.15, 0.2) is 0 Å². The molecule has 114 valence electrons. The van der Waals surface area contributed by atoms with E-state index in [2.05, 4.69) is 20.8 Å². The Hall–Kier alpha value is -2.06. The fourth-order valence-corrected chi connectivity index (χ4v) is 1.62. The van der Waals surface area contributed by atoms with E-state index in [1.807, 2.05) is 0 Å². The van der Waals surface area contributed by atoms with E-state index in [0.717, 1.165) is 18.2 Å². The number of aromatic nitrogens is 2. The van der Waals surface area contributed by atoms with Gasteiger partial charge in [-0.15, -0.1) is 5.10 Å². The summed E-state index contributed by atoms with van der Waals surface area (Å²) in [7, 11) is 1.61. The largest absolute Gasteiger partial charge is 0.407 e. The zero-order valence-electron chi connectivity index (χ0n) is 11.5. The highest BCUT2D eigenvalue weighted by Gasteiger charge is 2.08. The maximum atomic E-state index is 13.4. The number of nitrogens with zero attached hydrogens (tertiary/aromatic N) is 2. The predicted octanol–water partition coefficient (Wildman–Crippen LogP) is 1.70. The Balaban J connectivity index is 1.83. The summed E-state index contributed by atoms with van der Waals surface area (Å²) in [6.45, 7) is 1.71. The molecule has 0 aliphatic rings. The number of nitrogens with one attached hydrogen (secondary N) is 2. The lowest BCUT2D eigenvalue weighted by atomic mass is 10.2. The number of rotatable bonds is 8. The van der Waals surface area contributed by atoms with Crippen molar-refractivity contribution in [3.05, 3.63) is 41.3 Å². The molecule has 6 nitrogen and oxygen atoms in total. The van der Waals surface area contributed by atoms with Crippen LogP contribution in [0.15, 0.2) is 22.6 Å². The van der Waals surface area contributed by atoms with Gasteiger partial charge in [0.2, 0.25) is 5.89 Å². The maximum absolute atomic E-state index is 13.4. The number of ether oxygens (including phenoxy) is 1. The van der Waals surface area contributed by atoms with E-state index >= 15 is 0 Å². The van der Waals surface area contributed by atoms with Gasteiger partial charge in [0.05, 0.1) is 13.2 Å². The monoisotopic (exact) mass is 298 g/mol. The summed E-state index contributed by atoms with van der Waals surface area (Å²) in [5.74, 6) is -0.597. The third-order valence-electron chi connectivity index (χ3n) is 2.66. The van der Waals surface area contributed by atoms with E-state index in [4.69, 9.17) is 9.15 Å². The normalized spacial score (nSPS) is 10.8. The second kappa shape index (κ2) is 7.65. The lowest BCUT2D eigenvalue weighted by Gasteiger charge is -2.03. The number of hydrogen-bond acceptors (Lipinski definition) is 6. The SMILES string of the molecule is COCCNCc1nnc(NCc2cc(F)ccc2F)o1. The molecular weight excluding hydrogens is 282 g/mol. The van der Waals surface area contributed by atoms with Crippen LogP contribution in [0.1, 0.15) is 11.5 Å². The van der Waals surface area contributed by atoms with Crippen LogP contribution >= 0.6 is 0 Å². The van der Waals surface area contributed by atoms with Crippen molar-refractivity contribution in [1.82, 2.24) is 15.5 Å². The van der Waals surface area contributed by atoms with E-state index in [9.17, 15) is 8.78 Å². The van der Waals surface area contributed by atoms with E-state index in [0.29, 0.717) is 25.6 Å². The van der Waals surface area contributed by atoms with Crippen molar-refractivity contribution in [2.24, 2.45) is 0 Å². The highest BCUT2D eigenvalue weighted by atomic mass is 19.1. The van der Waals surface area contributed by atoms with E-state index in [1.54, 1.807) is 7.11 Å². The Morgan fingerprint density at radius 1 is 1.24 bits per heavy atom. The van der Waals surface area contributed by atoms with Crippen LogP contribution in [0.4, 0.5) is 14.8 Å². The van der Waals surface area contributed by atoms with Gasteiger partial charge in [-0.25, -0.2) is 8.78 Å². The second-order valence-corrected chi connectivity index (χ2v) is 4.26. The molecule has 1 heterocycles. The summed E-state index contributed by atoms with van der Waals surface area (Å²) < 4.78 is 36.6. The van der Waals surface area contributed by atoms with Crippen LogP contribution in [-0.4, -0.2) is 30.5 Å². The average molecular weight is 298 g/mol. The number of halogens is 2. The van der Waals surface area contributed by atoms with Gasteiger partial charge < -0.3 is 19.8 Å². The molecule has 0 radical (unpaired) electrons. The van der Waals surface area contributed by atoms with Crippen molar-refractivity contribution in [3.8, 4) is 0 Å². The van der Waals surface area contributed by atoms with E-state index in [1.165, 1.54) is 0 Å². The molecule has 0 atom stereocenters. The second-order valence-electron chi connectivity index (χ2n) is 4.26. The zero-order chi connectivity index (χ0) is 15.1. The van der Waals surface area contributed by atoms with Gasteiger partial charge in [0.25, 0.3) is 0 Å². The molecule has 2 N–H and O–H groups in total. The van der Waals surface area contributed by atoms with Crippen LogP contribution in [-0.2, 0) is 17.8 Å². The average Bonchev–Trinajstić information content (AvgIpc) is 2.92. The van der Waals surface area contributed by atoms with E-state index < -0.39 is 11.6 Å². The molecule has 0 aliphatic heterocycles. The van der Waals surface area contributed by atoms with Gasteiger partial charge in [0, 0.05) is 25.8 Å². The third-order valence-corrected chi connectivity index (χ3v) is 2.66. The molecule has 21 heavy (non-hydrogen) atoms. The Labute approximate surface area is 120 Å². The standard InChI is InChI=1S/C13H16F2N4O2/c1-20-5-4-16-8-12-18-19-13(21-12)17-7-9-6-10(14)2-3-11(9)15/h2-3,6,16H,4-5,7-8H2,1H3,(H,17,19). The fourth-order valence-electron chi connectivity index (χ4n) is 1.62. The lowest BCUT2D eigenvalue weighted by Crippen LogP contribution is -2.18. The first kappa shape index (κ1) is 15.3. The number of hydrogen-bond donors (Lipinski definition) is 2. The summed E-state index contributed by atoms with van der Waals surface area (Å²) in [6, 6.07) is 3.41. The number of anilines is 1. The molecule has 0 aliphatic carbocycles. The van der Waals surface area contributed by atoms with Crippen molar-refractivity contribution in [3.63, 3.8) is 0 Å². The number of methoxy groups -OCH3 is 1. The molecule has 1 aromatic heterocycles. The minimum absolute atomic E-state index is 0.0579. The molecule has 0 fully saturated rings. The van der Waals surface area contributed by atoms with E-state index in [-0.39, 0.29) is 18.1 Å². The van der Waals surface area contributed by atoms with Gasteiger partial charge >= 0.3 is 6.01 Å². The first-order valence-electron chi connectivity index (χ1n) is 6.39. The van der Waals surface area contributed by atoms with Gasteiger partial charge in [0.1, 0.15) is 11.6 Å².